The number of carbonyl (C=O) groups excluding carboxylic acids is 2. The van der Waals surface area contributed by atoms with E-state index in [1.807, 2.05) is 30.5 Å². The summed E-state index contributed by atoms with van der Waals surface area (Å²) in [5.74, 6) is 0.775. The highest BCUT2D eigenvalue weighted by atomic mass is 32.1. The summed E-state index contributed by atoms with van der Waals surface area (Å²) in [4.78, 5) is 29.5. The number of hydrogen-bond acceptors (Lipinski definition) is 6. The number of amides is 1. The molecular formula is C29H38N2O4S. The van der Waals surface area contributed by atoms with E-state index >= 15 is 0 Å². The molecule has 1 aromatic heterocycles. The number of aromatic nitrogens is 1. The van der Waals surface area contributed by atoms with E-state index in [2.05, 4.69) is 24.4 Å². The quantitative estimate of drug-likeness (QED) is 0.145. The fourth-order valence-electron chi connectivity index (χ4n) is 3.90. The minimum absolute atomic E-state index is 0.111. The molecule has 0 saturated heterocycles. The van der Waals surface area contributed by atoms with Gasteiger partial charge in [-0.15, -0.1) is 11.3 Å². The maximum atomic E-state index is 12.8. The lowest BCUT2D eigenvalue weighted by atomic mass is 9.84. The first kappa shape index (κ1) is 27.7. The summed E-state index contributed by atoms with van der Waals surface area (Å²) >= 11 is 1.54. The zero-order valence-electron chi connectivity index (χ0n) is 21.8. The number of nitrogens with one attached hydrogen (secondary N) is 1. The SMILES string of the molecule is CCCCOc1ccc(C[C@H](NC(=O)C2CCC2)c2nc(/C=C(C)/C=C(/C)C(=O)OCC)cs2)cc1. The lowest BCUT2D eigenvalue weighted by Crippen LogP contribution is -2.37. The van der Waals surface area contributed by atoms with Crippen molar-refractivity contribution in [3.05, 3.63) is 63.1 Å². The number of esters is 1. The average Bonchev–Trinajstić information content (AvgIpc) is 3.27. The van der Waals surface area contributed by atoms with Crippen molar-refractivity contribution in [3.63, 3.8) is 0 Å². The molecule has 1 saturated carbocycles. The Morgan fingerprint density at radius 3 is 2.58 bits per heavy atom. The Balaban J connectivity index is 1.74. The van der Waals surface area contributed by atoms with Crippen LogP contribution in [-0.4, -0.2) is 30.1 Å². The van der Waals surface area contributed by atoms with E-state index in [1.165, 1.54) is 0 Å². The van der Waals surface area contributed by atoms with Crippen molar-refractivity contribution in [2.75, 3.05) is 13.2 Å². The van der Waals surface area contributed by atoms with Crippen molar-refractivity contribution < 1.29 is 19.1 Å². The number of ether oxygens (including phenoxy) is 2. The van der Waals surface area contributed by atoms with E-state index in [1.54, 1.807) is 31.3 Å². The molecule has 3 rings (SSSR count). The van der Waals surface area contributed by atoms with Gasteiger partial charge in [-0.1, -0.05) is 31.9 Å². The summed E-state index contributed by atoms with van der Waals surface area (Å²) in [5.41, 5.74) is 3.39. The van der Waals surface area contributed by atoms with Crippen LogP contribution in [0.4, 0.5) is 0 Å². The molecule has 0 radical (unpaired) electrons. The Morgan fingerprint density at radius 2 is 1.94 bits per heavy atom. The second kappa shape index (κ2) is 14.0. The summed E-state index contributed by atoms with van der Waals surface area (Å²) in [7, 11) is 0. The fourth-order valence-corrected chi connectivity index (χ4v) is 4.73. The lowest BCUT2D eigenvalue weighted by Gasteiger charge is -2.27. The number of rotatable bonds is 13. The van der Waals surface area contributed by atoms with Crippen molar-refractivity contribution >= 4 is 29.3 Å². The predicted molar refractivity (Wildman–Crippen MR) is 145 cm³/mol. The number of allylic oxidation sites excluding steroid dienone is 2. The topological polar surface area (TPSA) is 77.5 Å². The smallest absolute Gasteiger partial charge is 0.333 e. The minimum Gasteiger partial charge on any atom is -0.494 e. The van der Waals surface area contributed by atoms with Gasteiger partial charge in [0.15, 0.2) is 0 Å². The van der Waals surface area contributed by atoms with Crippen LogP contribution in [0.25, 0.3) is 6.08 Å². The molecular weight excluding hydrogens is 472 g/mol. The largest absolute Gasteiger partial charge is 0.494 e. The predicted octanol–water partition coefficient (Wildman–Crippen LogP) is 6.43. The average molecular weight is 511 g/mol. The maximum Gasteiger partial charge on any atom is 0.333 e. The maximum absolute atomic E-state index is 12.8. The Kier molecular flexibility index (Phi) is 10.7. The van der Waals surface area contributed by atoms with Gasteiger partial charge < -0.3 is 14.8 Å². The molecule has 1 amide bonds. The van der Waals surface area contributed by atoms with Crippen LogP contribution in [0.15, 0.2) is 46.9 Å². The Labute approximate surface area is 218 Å². The van der Waals surface area contributed by atoms with E-state index in [0.717, 1.165) is 66.3 Å². The minimum atomic E-state index is -0.315. The van der Waals surface area contributed by atoms with Crippen molar-refractivity contribution in [1.82, 2.24) is 10.3 Å². The van der Waals surface area contributed by atoms with Crippen LogP contribution in [0, 0.1) is 5.92 Å². The molecule has 0 aliphatic heterocycles. The van der Waals surface area contributed by atoms with Crippen molar-refractivity contribution in [1.29, 1.82) is 0 Å². The Morgan fingerprint density at radius 1 is 1.19 bits per heavy atom. The highest BCUT2D eigenvalue weighted by Crippen LogP contribution is 2.29. The van der Waals surface area contributed by atoms with Crippen LogP contribution in [-0.2, 0) is 20.7 Å². The Bertz CT molecular complexity index is 1070. The molecule has 194 valence electrons. The zero-order valence-corrected chi connectivity index (χ0v) is 22.7. The van der Waals surface area contributed by atoms with Gasteiger partial charge in [-0.05, 0) is 81.9 Å². The van der Waals surface area contributed by atoms with Gasteiger partial charge in [-0.25, -0.2) is 9.78 Å². The van der Waals surface area contributed by atoms with Crippen LogP contribution in [0.5, 0.6) is 5.75 Å². The molecule has 0 spiro atoms. The number of unbranched alkanes of at least 4 members (excludes halogenated alkanes) is 1. The van der Waals surface area contributed by atoms with Crippen LogP contribution >= 0.6 is 11.3 Å². The van der Waals surface area contributed by atoms with E-state index in [0.29, 0.717) is 18.6 Å². The molecule has 2 aromatic rings. The third-order valence-electron chi connectivity index (χ3n) is 6.18. The molecule has 1 heterocycles. The van der Waals surface area contributed by atoms with E-state index in [4.69, 9.17) is 14.5 Å². The first-order valence-electron chi connectivity index (χ1n) is 12.9. The molecule has 36 heavy (non-hydrogen) atoms. The molecule has 7 heteroatoms. The van der Waals surface area contributed by atoms with Crippen LogP contribution in [0.2, 0.25) is 0 Å². The summed E-state index contributed by atoms with van der Waals surface area (Å²) < 4.78 is 10.8. The van der Waals surface area contributed by atoms with Gasteiger partial charge >= 0.3 is 5.97 Å². The van der Waals surface area contributed by atoms with Crippen LogP contribution < -0.4 is 10.1 Å². The highest BCUT2D eigenvalue weighted by molar-refractivity contribution is 7.09. The first-order chi connectivity index (χ1) is 17.4. The number of carbonyl (C=O) groups is 2. The summed E-state index contributed by atoms with van der Waals surface area (Å²) in [6, 6.07) is 7.91. The number of nitrogens with zero attached hydrogens (tertiary/aromatic N) is 1. The molecule has 1 aliphatic carbocycles. The fraction of sp³-hybridized carbons (Fsp3) is 0.483. The van der Waals surface area contributed by atoms with Crippen LogP contribution in [0.1, 0.15) is 82.1 Å². The number of benzene rings is 1. The molecule has 1 aliphatic rings. The normalized spacial score (nSPS) is 15.2. The van der Waals surface area contributed by atoms with Crippen LogP contribution in [0.3, 0.4) is 0 Å². The van der Waals surface area contributed by atoms with Gasteiger partial charge in [0.1, 0.15) is 10.8 Å². The summed E-state index contributed by atoms with van der Waals surface area (Å²) in [5, 5.41) is 6.11. The standard InChI is InChI=1S/C29H38N2O4S/c1-5-7-15-35-25-13-11-22(12-14-25)18-26(31-27(32)23-9-8-10-23)28-30-24(19-36-28)17-20(3)16-21(4)29(33)34-6-2/h11-14,16-17,19,23,26H,5-10,15,18H2,1-4H3,(H,31,32)/b20-17+,21-16-/t26-/m0/s1. The molecule has 1 fully saturated rings. The van der Waals surface area contributed by atoms with Gasteiger partial charge in [-0.3, -0.25) is 4.79 Å². The summed E-state index contributed by atoms with van der Waals surface area (Å²) in [6.45, 7) is 8.69. The van der Waals surface area contributed by atoms with Gasteiger partial charge in [0, 0.05) is 16.9 Å². The molecule has 0 bridgehead atoms. The van der Waals surface area contributed by atoms with E-state index in [9.17, 15) is 9.59 Å². The third-order valence-corrected chi connectivity index (χ3v) is 7.15. The first-order valence-corrected chi connectivity index (χ1v) is 13.8. The molecule has 1 aromatic carbocycles. The van der Waals surface area contributed by atoms with Gasteiger partial charge in [-0.2, -0.15) is 0 Å². The lowest BCUT2D eigenvalue weighted by molar-refractivity contribution is -0.138. The molecule has 1 atom stereocenters. The molecule has 6 nitrogen and oxygen atoms in total. The molecule has 0 unspecified atom stereocenters. The monoisotopic (exact) mass is 510 g/mol. The van der Waals surface area contributed by atoms with Gasteiger partial charge in [0.05, 0.1) is 24.9 Å². The van der Waals surface area contributed by atoms with Gasteiger partial charge in [0.2, 0.25) is 5.91 Å². The number of thiazole rings is 1. The second-order valence-corrected chi connectivity index (χ2v) is 10.2. The second-order valence-electron chi connectivity index (χ2n) is 9.29. The van der Waals surface area contributed by atoms with Crippen molar-refractivity contribution in [2.45, 2.75) is 72.3 Å². The zero-order chi connectivity index (χ0) is 25.9. The number of hydrogen-bond donors (Lipinski definition) is 1. The van der Waals surface area contributed by atoms with Gasteiger partial charge in [0.25, 0.3) is 0 Å². The summed E-state index contributed by atoms with van der Waals surface area (Å²) in [6.07, 6.45) is 9.57. The van der Waals surface area contributed by atoms with E-state index in [-0.39, 0.29) is 23.8 Å². The third kappa shape index (κ3) is 8.33. The highest BCUT2D eigenvalue weighted by Gasteiger charge is 2.28. The van der Waals surface area contributed by atoms with Crippen molar-refractivity contribution in [3.8, 4) is 5.75 Å². The molecule has 1 N–H and O–H groups in total. The Hall–Kier alpha value is -2.93. The van der Waals surface area contributed by atoms with E-state index < -0.39 is 0 Å². The van der Waals surface area contributed by atoms with Crippen molar-refractivity contribution in [2.24, 2.45) is 5.92 Å².